The molecule has 2 aliphatic heterocycles. The van der Waals surface area contributed by atoms with Gasteiger partial charge in [0, 0.05) is 41.8 Å². The highest BCUT2D eigenvalue weighted by molar-refractivity contribution is 9.10. The zero-order valence-corrected chi connectivity index (χ0v) is 19.4. The number of halogens is 1. The number of aliphatic hydroxyl groups is 1. The molecule has 168 valence electrons. The van der Waals surface area contributed by atoms with E-state index in [1.165, 1.54) is 0 Å². The second-order valence-corrected chi connectivity index (χ2v) is 8.61. The molecular formula is C24H25BrN2O5. The van der Waals surface area contributed by atoms with Crippen LogP contribution < -0.4 is 4.74 Å². The van der Waals surface area contributed by atoms with Crippen LogP contribution >= 0.6 is 15.9 Å². The molecule has 0 spiro atoms. The summed E-state index contributed by atoms with van der Waals surface area (Å²) in [4.78, 5) is 30.0. The average molecular weight is 501 g/mol. The fraction of sp³-hybridized carbons (Fsp3) is 0.333. The molecule has 1 amide bonds. The van der Waals surface area contributed by atoms with Gasteiger partial charge in [0.2, 0.25) is 0 Å². The lowest BCUT2D eigenvalue weighted by Gasteiger charge is -2.31. The number of hydrogen-bond acceptors (Lipinski definition) is 6. The first-order valence-corrected chi connectivity index (χ1v) is 11.3. The highest BCUT2D eigenvalue weighted by Crippen LogP contribution is 2.42. The maximum absolute atomic E-state index is 13.1. The number of benzene rings is 2. The fourth-order valence-corrected chi connectivity index (χ4v) is 4.43. The molecule has 7 nitrogen and oxygen atoms in total. The van der Waals surface area contributed by atoms with Crippen molar-refractivity contribution in [1.82, 2.24) is 9.80 Å². The number of ketones is 1. The Hall–Kier alpha value is -2.68. The molecule has 2 fully saturated rings. The molecule has 2 aromatic rings. The summed E-state index contributed by atoms with van der Waals surface area (Å²) in [5.74, 6) is -0.950. The van der Waals surface area contributed by atoms with Gasteiger partial charge in [-0.3, -0.25) is 14.5 Å². The molecule has 0 radical (unpaired) electrons. The Morgan fingerprint density at radius 3 is 2.47 bits per heavy atom. The number of morpholine rings is 1. The maximum atomic E-state index is 13.1. The number of methoxy groups -OCH3 is 1. The smallest absolute Gasteiger partial charge is 0.295 e. The lowest BCUT2D eigenvalue weighted by molar-refractivity contribution is -0.140. The molecule has 0 bridgehead atoms. The van der Waals surface area contributed by atoms with Gasteiger partial charge in [0.1, 0.15) is 11.5 Å². The van der Waals surface area contributed by atoms with E-state index in [1.807, 2.05) is 18.2 Å². The minimum atomic E-state index is -0.740. The van der Waals surface area contributed by atoms with Crippen LogP contribution in [0, 0.1) is 0 Å². The van der Waals surface area contributed by atoms with Gasteiger partial charge in [0.05, 0.1) is 31.9 Å². The Morgan fingerprint density at radius 1 is 1.09 bits per heavy atom. The van der Waals surface area contributed by atoms with Crippen molar-refractivity contribution in [2.45, 2.75) is 6.04 Å². The lowest BCUT2D eigenvalue weighted by atomic mass is 9.94. The van der Waals surface area contributed by atoms with Crippen LogP contribution in [0.2, 0.25) is 0 Å². The van der Waals surface area contributed by atoms with Gasteiger partial charge < -0.3 is 19.5 Å². The van der Waals surface area contributed by atoms with Gasteiger partial charge in [-0.1, -0.05) is 46.3 Å². The molecule has 0 saturated carbocycles. The number of para-hydroxylation sites is 1. The number of likely N-dealkylation sites (tertiary alicyclic amines) is 1. The third-order valence-electron chi connectivity index (χ3n) is 5.85. The van der Waals surface area contributed by atoms with Crippen molar-refractivity contribution in [1.29, 1.82) is 0 Å². The number of ether oxygens (including phenoxy) is 2. The summed E-state index contributed by atoms with van der Waals surface area (Å²) >= 11 is 3.38. The summed E-state index contributed by atoms with van der Waals surface area (Å²) in [6, 6.07) is 13.5. The number of nitrogens with zero attached hydrogens (tertiary/aromatic N) is 2. The molecule has 2 heterocycles. The van der Waals surface area contributed by atoms with Gasteiger partial charge in [0.15, 0.2) is 0 Å². The first-order valence-electron chi connectivity index (χ1n) is 10.5. The molecule has 2 aromatic carbocycles. The molecule has 0 aliphatic carbocycles. The molecule has 32 heavy (non-hydrogen) atoms. The Bertz CT molecular complexity index is 1030. The van der Waals surface area contributed by atoms with Gasteiger partial charge in [-0.05, 0) is 18.2 Å². The van der Waals surface area contributed by atoms with Gasteiger partial charge in [-0.25, -0.2) is 0 Å². The fourth-order valence-electron chi connectivity index (χ4n) is 4.16. The van der Waals surface area contributed by atoms with Gasteiger partial charge >= 0.3 is 0 Å². The van der Waals surface area contributed by atoms with Crippen molar-refractivity contribution in [2.24, 2.45) is 0 Å². The van der Waals surface area contributed by atoms with Crippen molar-refractivity contribution in [3.63, 3.8) is 0 Å². The van der Waals surface area contributed by atoms with Crippen molar-refractivity contribution in [2.75, 3.05) is 46.5 Å². The molecule has 0 aromatic heterocycles. The van der Waals surface area contributed by atoms with E-state index in [-0.39, 0.29) is 11.3 Å². The van der Waals surface area contributed by atoms with E-state index in [0.717, 1.165) is 17.6 Å². The van der Waals surface area contributed by atoms with Crippen LogP contribution in [-0.4, -0.2) is 73.1 Å². The Kier molecular flexibility index (Phi) is 6.93. The van der Waals surface area contributed by atoms with Crippen LogP contribution in [0.3, 0.4) is 0 Å². The predicted molar refractivity (Wildman–Crippen MR) is 123 cm³/mol. The SMILES string of the molecule is COc1ccccc1[C@H]1C(=C(O)c2ccc(Br)cc2)C(=O)C(=O)N1CCN1CCOCC1. The number of carbonyl (C=O) groups is 2. The Balaban J connectivity index is 1.77. The highest BCUT2D eigenvalue weighted by Gasteiger charge is 2.47. The number of aliphatic hydroxyl groups excluding tert-OH is 1. The van der Waals surface area contributed by atoms with Crippen molar-refractivity contribution in [3.05, 3.63) is 69.7 Å². The van der Waals surface area contributed by atoms with Crippen molar-refractivity contribution in [3.8, 4) is 5.75 Å². The third kappa shape index (κ3) is 4.44. The van der Waals surface area contributed by atoms with E-state index in [1.54, 1.807) is 42.3 Å². The average Bonchev–Trinajstić information content (AvgIpc) is 3.08. The second kappa shape index (κ2) is 9.85. The van der Waals surface area contributed by atoms with E-state index < -0.39 is 17.7 Å². The molecule has 2 aliphatic rings. The number of amides is 1. The molecule has 0 unspecified atom stereocenters. The standard InChI is InChI=1S/C24H25BrN2O5/c1-31-19-5-3-2-4-18(19)21-20(22(28)16-6-8-17(25)9-7-16)23(29)24(30)27(21)11-10-26-12-14-32-15-13-26/h2-9,21,28H,10-15H2,1H3/t21-/m0/s1. The minimum absolute atomic E-state index is 0.0730. The predicted octanol–water partition coefficient (Wildman–Crippen LogP) is 3.21. The summed E-state index contributed by atoms with van der Waals surface area (Å²) in [6.07, 6.45) is 0. The monoisotopic (exact) mass is 500 g/mol. The summed E-state index contributed by atoms with van der Waals surface area (Å²) in [6.45, 7) is 3.83. The van der Waals surface area contributed by atoms with Crippen LogP contribution in [0.5, 0.6) is 5.75 Å². The first-order chi connectivity index (χ1) is 15.5. The van der Waals surface area contributed by atoms with Crippen molar-refractivity contribution >= 4 is 33.4 Å². The van der Waals surface area contributed by atoms with E-state index in [4.69, 9.17) is 9.47 Å². The molecular weight excluding hydrogens is 476 g/mol. The largest absolute Gasteiger partial charge is 0.507 e. The lowest BCUT2D eigenvalue weighted by Crippen LogP contribution is -2.42. The van der Waals surface area contributed by atoms with Crippen LogP contribution in [0.15, 0.2) is 58.6 Å². The first kappa shape index (κ1) is 22.5. The summed E-state index contributed by atoms with van der Waals surface area (Å²) in [7, 11) is 1.55. The molecule has 8 heteroatoms. The van der Waals surface area contributed by atoms with Crippen LogP contribution in [0.1, 0.15) is 17.2 Å². The van der Waals surface area contributed by atoms with E-state index in [0.29, 0.717) is 43.2 Å². The van der Waals surface area contributed by atoms with Gasteiger partial charge in [-0.15, -0.1) is 0 Å². The zero-order chi connectivity index (χ0) is 22.7. The van der Waals surface area contributed by atoms with Crippen LogP contribution in [0.25, 0.3) is 5.76 Å². The second-order valence-electron chi connectivity index (χ2n) is 7.70. The normalized spacial score (nSPS) is 21.2. The van der Waals surface area contributed by atoms with E-state index >= 15 is 0 Å². The quantitative estimate of drug-likeness (QED) is 0.372. The summed E-state index contributed by atoms with van der Waals surface area (Å²) in [5, 5.41) is 11.1. The Morgan fingerprint density at radius 2 is 1.78 bits per heavy atom. The van der Waals surface area contributed by atoms with E-state index in [2.05, 4.69) is 20.8 Å². The molecule has 2 saturated heterocycles. The van der Waals surface area contributed by atoms with Crippen LogP contribution in [0.4, 0.5) is 0 Å². The molecule has 1 atom stereocenters. The number of carbonyl (C=O) groups excluding carboxylic acids is 2. The Labute approximate surface area is 195 Å². The minimum Gasteiger partial charge on any atom is -0.507 e. The summed E-state index contributed by atoms with van der Waals surface area (Å²) < 4.78 is 11.8. The molecule has 1 N–H and O–H groups in total. The molecule has 4 rings (SSSR count). The number of Topliss-reactive ketones (excluding diaryl/α,β-unsaturated/α-hetero) is 1. The third-order valence-corrected chi connectivity index (χ3v) is 6.38. The van der Waals surface area contributed by atoms with E-state index in [9.17, 15) is 14.7 Å². The van der Waals surface area contributed by atoms with Gasteiger partial charge in [-0.2, -0.15) is 0 Å². The maximum Gasteiger partial charge on any atom is 0.295 e. The topological polar surface area (TPSA) is 79.3 Å². The van der Waals surface area contributed by atoms with Crippen LogP contribution in [-0.2, 0) is 14.3 Å². The number of rotatable bonds is 6. The summed E-state index contributed by atoms with van der Waals surface area (Å²) in [5.41, 5.74) is 1.21. The highest BCUT2D eigenvalue weighted by atomic mass is 79.9. The van der Waals surface area contributed by atoms with Gasteiger partial charge in [0.25, 0.3) is 11.7 Å². The number of hydrogen-bond donors (Lipinski definition) is 1. The van der Waals surface area contributed by atoms with Crippen molar-refractivity contribution < 1.29 is 24.2 Å². The zero-order valence-electron chi connectivity index (χ0n) is 17.8.